The molecule has 0 aromatic carbocycles. The first-order valence-corrected chi connectivity index (χ1v) is 9.31. The highest BCUT2D eigenvalue weighted by atomic mass is 16.4. The average Bonchev–Trinajstić information content (AvgIpc) is 2.83. The summed E-state index contributed by atoms with van der Waals surface area (Å²) < 4.78 is 0. The molecule has 2 heteroatoms. The zero-order chi connectivity index (χ0) is 14.7. The zero-order valence-electron chi connectivity index (χ0n) is 13.8. The number of oxime groups is 1. The molecular formula is C19H31NO. The summed E-state index contributed by atoms with van der Waals surface area (Å²) >= 11 is 0. The predicted octanol–water partition coefficient (Wildman–Crippen LogP) is 5.25. The minimum Gasteiger partial charge on any atom is -0.411 e. The summed E-state index contributed by atoms with van der Waals surface area (Å²) in [7, 11) is 0. The van der Waals surface area contributed by atoms with Gasteiger partial charge in [-0.3, -0.25) is 0 Å². The lowest BCUT2D eigenvalue weighted by atomic mass is 9.45. The summed E-state index contributed by atoms with van der Waals surface area (Å²) in [5, 5.41) is 13.1. The highest BCUT2D eigenvalue weighted by Gasteiger charge is 2.59. The highest BCUT2D eigenvalue weighted by molar-refractivity contribution is 5.91. The molecule has 0 aromatic heterocycles. The van der Waals surface area contributed by atoms with E-state index in [0.29, 0.717) is 5.41 Å². The van der Waals surface area contributed by atoms with Crippen LogP contribution >= 0.6 is 0 Å². The van der Waals surface area contributed by atoms with Crippen LogP contribution in [0.5, 0.6) is 0 Å². The highest BCUT2D eigenvalue weighted by Crippen LogP contribution is 2.65. The third kappa shape index (κ3) is 1.80. The van der Waals surface area contributed by atoms with Crippen LogP contribution in [-0.2, 0) is 0 Å². The molecule has 0 spiro atoms. The van der Waals surface area contributed by atoms with Crippen LogP contribution in [0.25, 0.3) is 0 Å². The van der Waals surface area contributed by atoms with Crippen LogP contribution in [0.1, 0.15) is 78.1 Å². The third-order valence-electron chi connectivity index (χ3n) is 8.44. The van der Waals surface area contributed by atoms with Gasteiger partial charge in [0.2, 0.25) is 0 Å². The van der Waals surface area contributed by atoms with Crippen LogP contribution in [0.2, 0.25) is 0 Å². The summed E-state index contributed by atoms with van der Waals surface area (Å²) in [6, 6.07) is 0. The third-order valence-corrected chi connectivity index (χ3v) is 8.44. The first-order chi connectivity index (χ1) is 10.1. The number of fused-ring (bicyclic) bond motifs is 5. The van der Waals surface area contributed by atoms with Crippen molar-refractivity contribution in [3.8, 4) is 0 Å². The Balaban J connectivity index is 1.66. The number of hydrogen-bond acceptors (Lipinski definition) is 2. The fourth-order valence-corrected chi connectivity index (χ4v) is 7.25. The molecule has 118 valence electrons. The average molecular weight is 289 g/mol. The van der Waals surface area contributed by atoms with Crippen molar-refractivity contribution in [1.29, 1.82) is 0 Å². The normalized spacial score (nSPS) is 54.9. The van der Waals surface area contributed by atoms with Crippen LogP contribution in [0.15, 0.2) is 5.16 Å². The van der Waals surface area contributed by atoms with E-state index in [2.05, 4.69) is 19.0 Å². The van der Waals surface area contributed by atoms with Gasteiger partial charge < -0.3 is 5.21 Å². The van der Waals surface area contributed by atoms with Crippen LogP contribution in [-0.4, -0.2) is 10.9 Å². The molecule has 0 bridgehead atoms. The van der Waals surface area contributed by atoms with Gasteiger partial charge in [0.25, 0.3) is 0 Å². The summed E-state index contributed by atoms with van der Waals surface area (Å²) in [6.07, 6.45) is 13.8. The predicted molar refractivity (Wildman–Crippen MR) is 85.6 cm³/mol. The van der Waals surface area contributed by atoms with E-state index in [9.17, 15) is 5.21 Å². The van der Waals surface area contributed by atoms with Gasteiger partial charge >= 0.3 is 0 Å². The van der Waals surface area contributed by atoms with E-state index in [-0.39, 0.29) is 5.41 Å². The Kier molecular flexibility index (Phi) is 3.17. The van der Waals surface area contributed by atoms with Gasteiger partial charge in [0.1, 0.15) is 0 Å². The number of nitrogens with zero attached hydrogens (tertiary/aromatic N) is 1. The minimum absolute atomic E-state index is 0.216. The van der Waals surface area contributed by atoms with Crippen LogP contribution in [0.3, 0.4) is 0 Å². The van der Waals surface area contributed by atoms with Gasteiger partial charge in [0.05, 0.1) is 5.71 Å². The molecular weight excluding hydrogens is 258 g/mol. The first kappa shape index (κ1) is 14.1. The Hall–Kier alpha value is -0.530. The lowest BCUT2D eigenvalue weighted by molar-refractivity contribution is -0.0938. The molecule has 1 N–H and O–H groups in total. The van der Waals surface area contributed by atoms with E-state index in [1.807, 2.05) is 0 Å². The Bertz CT molecular complexity index is 458. The van der Waals surface area contributed by atoms with E-state index in [1.165, 1.54) is 57.8 Å². The summed E-state index contributed by atoms with van der Waals surface area (Å²) in [5.74, 6) is 3.65. The van der Waals surface area contributed by atoms with Crippen LogP contribution < -0.4 is 0 Å². The molecule has 0 radical (unpaired) electrons. The van der Waals surface area contributed by atoms with Crippen molar-refractivity contribution in [1.82, 2.24) is 0 Å². The molecule has 0 saturated heterocycles. The molecule has 0 amide bonds. The molecule has 4 saturated carbocycles. The quantitative estimate of drug-likeness (QED) is 0.479. The van der Waals surface area contributed by atoms with Gasteiger partial charge in [0.15, 0.2) is 0 Å². The molecule has 4 aliphatic carbocycles. The van der Waals surface area contributed by atoms with E-state index in [0.717, 1.165) is 35.8 Å². The van der Waals surface area contributed by atoms with Crippen LogP contribution in [0.4, 0.5) is 0 Å². The van der Waals surface area contributed by atoms with Crippen molar-refractivity contribution >= 4 is 5.71 Å². The maximum Gasteiger partial charge on any atom is 0.0632 e. The van der Waals surface area contributed by atoms with Gasteiger partial charge in [-0.25, -0.2) is 0 Å². The van der Waals surface area contributed by atoms with Gasteiger partial charge in [-0.15, -0.1) is 0 Å². The second-order valence-electron chi connectivity index (χ2n) is 8.94. The largest absolute Gasteiger partial charge is 0.411 e. The summed E-state index contributed by atoms with van der Waals surface area (Å²) in [6.45, 7) is 5.03. The topological polar surface area (TPSA) is 32.6 Å². The first-order valence-electron chi connectivity index (χ1n) is 9.31. The van der Waals surface area contributed by atoms with E-state index < -0.39 is 0 Å². The van der Waals surface area contributed by atoms with Crippen molar-refractivity contribution in [2.45, 2.75) is 78.1 Å². The van der Waals surface area contributed by atoms with Gasteiger partial charge in [-0.05, 0) is 80.5 Å². The number of rotatable bonds is 0. The minimum atomic E-state index is 0.216. The van der Waals surface area contributed by atoms with E-state index in [4.69, 9.17) is 0 Å². The Morgan fingerprint density at radius 2 is 1.81 bits per heavy atom. The van der Waals surface area contributed by atoms with Crippen molar-refractivity contribution < 1.29 is 5.21 Å². The molecule has 0 unspecified atom stereocenters. The monoisotopic (exact) mass is 289 g/mol. The Morgan fingerprint density at radius 3 is 2.62 bits per heavy atom. The lowest BCUT2D eigenvalue weighted by Crippen LogP contribution is -2.52. The molecule has 0 aliphatic heterocycles. The van der Waals surface area contributed by atoms with Crippen molar-refractivity contribution in [2.24, 2.45) is 39.7 Å². The fraction of sp³-hybridized carbons (Fsp3) is 0.947. The van der Waals surface area contributed by atoms with Crippen molar-refractivity contribution in [3.63, 3.8) is 0 Å². The Labute approximate surface area is 129 Å². The molecule has 6 atom stereocenters. The lowest BCUT2D eigenvalue weighted by Gasteiger charge is -2.59. The molecule has 21 heavy (non-hydrogen) atoms. The molecule has 2 nitrogen and oxygen atoms in total. The summed E-state index contributed by atoms with van der Waals surface area (Å²) in [5.41, 5.74) is 1.96. The molecule has 0 aromatic rings. The van der Waals surface area contributed by atoms with Gasteiger partial charge in [-0.2, -0.15) is 0 Å². The summed E-state index contributed by atoms with van der Waals surface area (Å²) in [4.78, 5) is 0. The molecule has 4 fully saturated rings. The zero-order valence-corrected chi connectivity index (χ0v) is 13.8. The van der Waals surface area contributed by atoms with Crippen molar-refractivity contribution in [3.05, 3.63) is 0 Å². The standard InChI is InChI=1S/C19H31NO/c1-18-11-4-3-5-13(18)6-7-14-15-8-9-17(20-21)19(15,2)12-10-16(14)18/h13-16,21H,3-12H2,1-2H3/b20-17-/t13-,14-,15-,16-,18+,19+/m1/s1. The van der Waals surface area contributed by atoms with Gasteiger partial charge in [-0.1, -0.05) is 31.8 Å². The van der Waals surface area contributed by atoms with E-state index >= 15 is 0 Å². The van der Waals surface area contributed by atoms with E-state index in [1.54, 1.807) is 0 Å². The molecule has 4 rings (SSSR count). The second-order valence-corrected chi connectivity index (χ2v) is 8.94. The Morgan fingerprint density at radius 1 is 0.952 bits per heavy atom. The SMILES string of the molecule is C[C@]12CCCC[C@@H]1CC[C@H]1[C@H]2CC[C@]2(C)/C(=N\O)CC[C@H]12. The van der Waals surface area contributed by atoms with Crippen LogP contribution in [0, 0.1) is 34.5 Å². The maximum absolute atomic E-state index is 9.39. The van der Waals surface area contributed by atoms with Crippen molar-refractivity contribution in [2.75, 3.05) is 0 Å². The smallest absolute Gasteiger partial charge is 0.0632 e. The number of hydrogen-bond donors (Lipinski definition) is 1. The second kappa shape index (κ2) is 4.73. The molecule has 4 aliphatic rings. The van der Waals surface area contributed by atoms with Gasteiger partial charge in [0, 0.05) is 5.41 Å². The molecule has 0 heterocycles. The maximum atomic E-state index is 9.39. The fourth-order valence-electron chi connectivity index (χ4n) is 7.25.